The van der Waals surface area contributed by atoms with Gasteiger partial charge in [-0.2, -0.15) is 8.78 Å². The van der Waals surface area contributed by atoms with E-state index >= 15 is 0 Å². The quantitative estimate of drug-likeness (QED) is 0.512. The zero-order valence-electron chi connectivity index (χ0n) is 14.2. The molecule has 0 aliphatic carbocycles. The third-order valence-corrected chi connectivity index (χ3v) is 3.97. The summed E-state index contributed by atoms with van der Waals surface area (Å²) in [5.41, 5.74) is -0.941. The molecule has 134 valence electrons. The van der Waals surface area contributed by atoms with Crippen molar-refractivity contribution in [1.29, 1.82) is 0 Å². The van der Waals surface area contributed by atoms with Gasteiger partial charge in [0.1, 0.15) is 11.1 Å². The minimum Gasteiger partial charge on any atom is -0.461 e. The molecule has 26 heavy (non-hydrogen) atoms. The summed E-state index contributed by atoms with van der Waals surface area (Å²) in [7, 11) is 0. The zero-order valence-corrected chi connectivity index (χ0v) is 14.2. The van der Waals surface area contributed by atoms with Gasteiger partial charge in [-0.05, 0) is 31.0 Å². The van der Waals surface area contributed by atoms with Gasteiger partial charge in [-0.3, -0.25) is 0 Å². The molecule has 4 nitrogen and oxygen atoms in total. The van der Waals surface area contributed by atoms with Gasteiger partial charge in [-0.15, -0.1) is 0 Å². The van der Waals surface area contributed by atoms with Gasteiger partial charge in [0.2, 0.25) is 0 Å². The second-order valence-electron chi connectivity index (χ2n) is 5.80. The second kappa shape index (κ2) is 6.71. The van der Waals surface area contributed by atoms with Crippen molar-refractivity contribution in [3.63, 3.8) is 0 Å². The second-order valence-corrected chi connectivity index (χ2v) is 5.80. The highest BCUT2D eigenvalue weighted by atomic mass is 19.3. The van der Waals surface area contributed by atoms with Crippen LogP contribution in [0.3, 0.4) is 0 Å². The molecule has 0 bridgehead atoms. The van der Waals surface area contributed by atoms with Gasteiger partial charge < -0.3 is 9.15 Å². The number of rotatable bonds is 4. The standard InChI is InChI=1S/C20H16F2O4/c1-3-25-19(24)20(21,22)17-16(13-7-5-4-6-8-13)14-10-9-12(2)11-15(14)26-18(17)23/h4-11H,3H2,1-2H3. The molecular formula is C20H16F2O4. The molecule has 1 heterocycles. The molecule has 3 rings (SSSR count). The topological polar surface area (TPSA) is 56.5 Å². The third-order valence-electron chi connectivity index (χ3n) is 3.97. The first kappa shape index (κ1) is 17.8. The molecule has 0 N–H and O–H groups in total. The van der Waals surface area contributed by atoms with Crippen molar-refractivity contribution in [3.8, 4) is 11.1 Å². The van der Waals surface area contributed by atoms with Crippen LogP contribution in [-0.2, 0) is 15.5 Å². The van der Waals surface area contributed by atoms with Crippen LogP contribution in [-0.4, -0.2) is 12.6 Å². The number of halogens is 2. The van der Waals surface area contributed by atoms with E-state index in [1.807, 2.05) is 0 Å². The van der Waals surface area contributed by atoms with Crippen molar-refractivity contribution in [3.05, 3.63) is 70.1 Å². The summed E-state index contributed by atoms with van der Waals surface area (Å²) in [5, 5.41) is 0.320. The van der Waals surface area contributed by atoms with Gasteiger partial charge in [0.25, 0.3) is 0 Å². The fourth-order valence-corrected chi connectivity index (χ4v) is 2.82. The summed E-state index contributed by atoms with van der Waals surface area (Å²) in [6.45, 7) is 2.98. The van der Waals surface area contributed by atoms with Crippen molar-refractivity contribution < 1.29 is 22.7 Å². The molecule has 0 unspecified atom stereocenters. The Labute approximate surface area is 148 Å². The zero-order chi connectivity index (χ0) is 18.9. The number of carbonyl (C=O) groups is 1. The van der Waals surface area contributed by atoms with Gasteiger partial charge in [0.15, 0.2) is 0 Å². The lowest BCUT2D eigenvalue weighted by Crippen LogP contribution is -2.34. The van der Waals surface area contributed by atoms with E-state index in [4.69, 9.17) is 4.42 Å². The van der Waals surface area contributed by atoms with Crippen LogP contribution in [0.4, 0.5) is 8.78 Å². The molecule has 0 fully saturated rings. The lowest BCUT2D eigenvalue weighted by molar-refractivity contribution is -0.173. The summed E-state index contributed by atoms with van der Waals surface area (Å²) in [6, 6.07) is 13.2. The molecule has 6 heteroatoms. The van der Waals surface area contributed by atoms with Crippen molar-refractivity contribution in [2.24, 2.45) is 0 Å². The molecule has 0 saturated carbocycles. The Morgan fingerprint density at radius 2 is 1.85 bits per heavy atom. The molecule has 2 aromatic carbocycles. The highest BCUT2D eigenvalue weighted by molar-refractivity contribution is 5.97. The molecule has 0 radical (unpaired) electrons. The van der Waals surface area contributed by atoms with Gasteiger partial charge in [0.05, 0.1) is 6.61 Å². The van der Waals surface area contributed by atoms with Crippen molar-refractivity contribution >= 4 is 16.9 Å². The number of ether oxygens (including phenoxy) is 1. The Bertz CT molecular complexity index is 1020. The Morgan fingerprint density at radius 3 is 2.50 bits per heavy atom. The van der Waals surface area contributed by atoms with Crippen LogP contribution in [0, 0.1) is 6.92 Å². The summed E-state index contributed by atoms with van der Waals surface area (Å²) in [4.78, 5) is 24.3. The number of alkyl halides is 2. The predicted molar refractivity (Wildman–Crippen MR) is 93.2 cm³/mol. The Kier molecular flexibility index (Phi) is 4.59. The number of aryl methyl sites for hydroxylation is 1. The Morgan fingerprint density at radius 1 is 1.15 bits per heavy atom. The maximum absolute atomic E-state index is 14.8. The van der Waals surface area contributed by atoms with Crippen LogP contribution in [0.2, 0.25) is 0 Å². The fourth-order valence-electron chi connectivity index (χ4n) is 2.82. The largest absolute Gasteiger partial charge is 0.461 e. The highest BCUT2D eigenvalue weighted by Gasteiger charge is 2.48. The smallest absolute Gasteiger partial charge is 0.382 e. The van der Waals surface area contributed by atoms with Crippen LogP contribution in [0.5, 0.6) is 0 Å². The van der Waals surface area contributed by atoms with Crippen molar-refractivity contribution in [1.82, 2.24) is 0 Å². The molecule has 0 atom stereocenters. The lowest BCUT2D eigenvalue weighted by atomic mass is 9.93. The Balaban J connectivity index is 2.43. The van der Waals surface area contributed by atoms with E-state index in [1.54, 1.807) is 55.5 Å². The summed E-state index contributed by atoms with van der Waals surface area (Å²) < 4.78 is 39.2. The van der Waals surface area contributed by atoms with Crippen LogP contribution < -0.4 is 5.63 Å². The van der Waals surface area contributed by atoms with Crippen molar-refractivity contribution in [2.45, 2.75) is 19.8 Å². The average Bonchev–Trinajstić information content (AvgIpc) is 2.61. The molecule has 3 aromatic rings. The Hall–Kier alpha value is -3.02. The van der Waals surface area contributed by atoms with E-state index in [2.05, 4.69) is 4.74 Å². The number of carbonyl (C=O) groups excluding carboxylic acids is 1. The summed E-state index contributed by atoms with van der Waals surface area (Å²) in [6.07, 6.45) is 0. The van der Waals surface area contributed by atoms with Crippen LogP contribution in [0.25, 0.3) is 22.1 Å². The number of esters is 1. The van der Waals surface area contributed by atoms with E-state index in [-0.39, 0.29) is 17.8 Å². The number of hydrogen-bond donors (Lipinski definition) is 0. The van der Waals surface area contributed by atoms with E-state index < -0.39 is 23.1 Å². The van der Waals surface area contributed by atoms with Crippen LogP contribution >= 0.6 is 0 Å². The maximum Gasteiger partial charge on any atom is 0.382 e. The SMILES string of the molecule is CCOC(=O)C(F)(F)c1c(-c2ccccc2)c2ccc(C)cc2oc1=O. The van der Waals surface area contributed by atoms with E-state index in [9.17, 15) is 18.4 Å². The molecule has 1 aromatic heterocycles. The van der Waals surface area contributed by atoms with E-state index in [0.717, 1.165) is 5.56 Å². The first-order chi connectivity index (χ1) is 12.4. The van der Waals surface area contributed by atoms with Crippen molar-refractivity contribution in [2.75, 3.05) is 6.61 Å². The third kappa shape index (κ3) is 2.98. The van der Waals surface area contributed by atoms with Gasteiger partial charge in [0, 0.05) is 10.9 Å². The van der Waals surface area contributed by atoms with E-state index in [1.165, 1.54) is 6.92 Å². The average molecular weight is 358 g/mol. The summed E-state index contributed by atoms with van der Waals surface area (Å²) >= 11 is 0. The molecule has 0 spiro atoms. The normalized spacial score (nSPS) is 11.5. The van der Waals surface area contributed by atoms with Crippen LogP contribution in [0.15, 0.2) is 57.7 Å². The highest BCUT2D eigenvalue weighted by Crippen LogP contribution is 2.39. The first-order valence-corrected chi connectivity index (χ1v) is 8.04. The lowest BCUT2D eigenvalue weighted by Gasteiger charge is -2.18. The minimum absolute atomic E-state index is 0.0325. The maximum atomic E-state index is 14.8. The van der Waals surface area contributed by atoms with E-state index in [0.29, 0.717) is 10.9 Å². The molecule has 0 aliphatic rings. The monoisotopic (exact) mass is 358 g/mol. The molecule has 0 saturated heterocycles. The fraction of sp³-hybridized carbons (Fsp3) is 0.200. The summed E-state index contributed by atoms with van der Waals surface area (Å²) in [5.74, 6) is -5.92. The number of benzene rings is 2. The van der Waals surface area contributed by atoms with Gasteiger partial charge in [-0.25, -0.2) is 9.59 Å². The molecular weight excluding hydrogens is 342 g/mol. The minimum atomic E-state index is -4.14. The van der Waals surface area contributed by atoms with Gasteiger partial charge >= 0.3 is 17.5 Å². The van der Waals surface area contributed by atoms with Crippen LogP contribution in [0.1, 0.15) is 18.1 Å². The number of hydrogen-bond acceptors (Lipinski definition) is 4. The first-order valence-electron chi connectivity index (χ1n) is 8.04. The molecule has 0 aliphatic heterocycles. The predicted octanol–water partition coefficient (Wildman–Crippen LogP) is 4.42. The number of fused-ring (bicyclic) bond motifs is 1. The molecule has 0 amide bonds. The van der Waals surface area contributed by atoms with Gasteiger partial charge in [-0.1, -0.05) is 42.5 Å².